The molecule has 0 bridgehead atoms. The number of hydrogen-bond donors (Lipinski definition) is 1. The number of fused-ring (bicyclic) bond motifs is 1. The van der Waals surface area contributed by atoms with E-state index in [1.54, 1.807) is 11.6 Å². The van der Waals surface area contributed by atoms with Gasteiger partial charge in [0.05, 0.1) is 5.52 Å². The van der Waals surface area contributed by atoms with Gasteiger partial charge in [0.15, 0.2) is 0 Å². The number of carbonyl (C=O) groups is 1. The van der Waals surface area contributed by atoms with Crippen LogP contribution >= 0.6 is 11.3 Å². The second kappa shape index (κ2) is 8.61. The molecule has 1 fully saturated rings. The van der Waals surface area contributed by atoms with Gasteiger partial charge < -0.3 is 5.32 Å². The first-order valence-electron chi connectivity index (χ1n) is 9.76. The molecule has 6 nitrogen and oxygen atoms in total. The summed E-state index contributed by atoms with van der Waals surface area (Å²) in [6.45, 7) is 1.45. The predicted molar refractivity (Wildman–Crippen MR) is 115 cm³/mol. The zero-order valence-corrected chi connectivity index (χ0v) is 17.6. The normalized spacial score (nSPS) is 15.4. The van der Waals surface area contributed by atoms with Crippen LogP contribution in [0.15, 0.2) is 52.9 Å². The monoisotopic (exact) mass is 429 g/mol. The molecular weight excluding hydrogens is 406 g/mol. The van der Waals surface area contributed by atoms with Gasteiger partial charge in [0, 0.05) is 31.2 Å². The van der Waals surface area contributed by atoms with E-state index in [2.05, 4.69) is 10.3 Å². The Balaban J connectivity index is 1.45. The minimum atomic E-state index is -3.63. The summed E-state index contributed by atoms with van der Waals surface area (Å²) in [4.78, 5) is 17.5. The van der Waals surface area contributed by atoms with Crippen molar-refractivity contribution in [3.63, 3.8) is 0 Å². The zero-order chi connectivity index (χ0) is 20.3. The zero-order valence-electron chi connectivity index (χ0n) is 16.0. The molecule has 1 aliphatic rings. The van der Waals surface area contributed by atoms with Crippen LogP contribution < -0.4 is 5.32 Å². The first-order chi connectivity index (χ1) is 14.1. The third-order valence-corrected chi connectivity index (χ3v) is 8.15. The Labute approximate surface area is 174 Å². The first-order valence-corrected chi connectivity index (χ1v) is 12.1. The van der Waals surface area contributed by atoms with Crippen molar-refractivity contribution in [2.24, 2.45) is 0 Å². The van der Waals surface area contributed by atoms with Crippen LogP contribution in [0.3, 0.4) is 0 Å². The van der Waals surface area contributed by atoms with Gasteiger partial charge in [0.2, 0.25) is 10.0 Å². The van der Waals surface area contributed by atoms with Crippen LogP contribution in [0.5, 0.6) is 0 Å². The van der Waals surface area contributed by atoms with E-state index in [1.165, 1.54) is 21.7 Å². The number of sulfonamides is 1. The van der Waals surface area contributed by atoms with E-state index in [0.717, 1.165) is 35.7 Å². The number of piperidine rings is 1. The second-order valence-electron chi connectivity index (χ2n) is 7.08. The Bertz CT molecular complexity index is 1110. The Morgan fingerprint density at radius 3 is 2.72 bits per heavy atom. The fourth-order valence-electron chi connectivity index (χ4n) is 3.67. The average molecular weight is 430 g/mol. The summed E-state index contributed by atoms with van der Waals surface area (Å²) in [5.41, 5.74) is 1.98. The van der Waals surface area contributed by atoms with Crippen molar-refractivity contribution in [3.8, 4) is 0 Å². The highest BCUT2D eigenvalue weighted by molar-refractivity contribution is 7.89. The molecule has 1 N–H and O–H groups in total. The maximum absolute atomic E-state index is 13.0. The molecule has 8 heteroatoms. The van der Waals surface area contributed by atoms with E-state index >= 15 is 0 Å². The van der Waals surface area contributed by atoms with E-state index in [-0.39, 0.29) is 15.7 Å². The lowest BCUT2D eigenvalue weighted by atomic mass is 10.1. The van der Waals surface area contributed by atoms with Gasteiger partial charge in [-0.05, 0) is 42.3 Å². The lowest BCUT2D eigenvalue weighted by Gasteiger charge is -2.25. The minimum absolute atomic E-state index is 0.119. The molecule has 1 amide bonds. The molecule has 2 aromatic heterocycles. The van der Waals surface area contributed by atoms with Gasteiger partial charge in [-0.3, -0.25) is 9.78 Å². The quantitative estimate of drug-likeness (QED) is 0.651. The molecule has 0 radical (unpaired) electrons. The summed E-state index contributed by atoms with van der Waals surface area (Å²) >= 11 is 1.17. The van der Waals surface area contributed by atoms with Crippen LogP contribution in [0.4, 0.5) is 0 Å². The number of hydrogen-bond acceptors (Lipinski definition) is 5. The van der Waals surface area contributed by atoms with Crippen molar-refractivity contribution < 1.29 is 13.2 Å². The molecule has 1 aliphatic heterocycles. The van der Waals surface area contributed by atoms with Gasteiger partial charge in [-0.15, -0.1) is 11.3 Å². The van der Waals surface area contributed by atoms with Crippen LogP contribution in [-0.2, 0) is 16.4 Å². The molecular formula is C21H23N3O3S2. The molecule has 0 saturated carbocycles. The van der Waals surface area contributed by atoms with Crippen molar-refractivity contribution in [1.29, 1.82) is 0 Å². The summed E-state index contributed by atoms with van der Waals surface area (Å²) < 4.78 is 27.4. The lowest BCUT2D eigenvalue weighted by Crippen LogP contribution is -2.36. The summed E-state index contributed by atoms with van der Waals surface area (Å²) in [6.07, 6.45) is 5.16. The maximum Gasteiger partial charge on any atom is 0.262 e. The standard InChI is InChI=1S/C21H23N3O3S2/c25-21(23-12-9-17-7-4-6-16-8-5-11-22-19(16)17)20-18(10-15-28-20)29(26,27)24-13-2-1-3-14-24/h4-8,10-11,15H,1-3,9,12-14H2,(H,23,25). The third-order valence-electron chi connectivity index (χ3n) is 5.16. The number of para-hydroxylation sites is 1. The van der Waals surface area contributed by atoms with Gasteiger partial charge in [-0.25, -0.2) is 8.42 Å². The van der Waals surface area contributed by atoms with E-state index in [1.807, 2.05) is 30.3 Å². The molecule has 3 aromatic rings. The third kappa shape index (κ3) is 4.19. The maximum atomic E-state index is 13.0. The SMILES string of the molecule is O=C(NCCc1cccc2cccnc12)c1sccc1S(=O)(=O)N1CCCCC1. The topological polar surface area (TPSA) is 79.4 Å². The molecule has 0 spiro atoms. The largest absolute Gasteiger partial charge is 0.351 e. The number of pyridine rings is 1. The summed E-state index contributed by atoms with van der Waals surface area (Å²) in [5.74, 6) is -0.344. The fraction of sp³-hybridized carbons (Fsp3) is 0.333. The number of nitrogens with zero attached hydrogens (tertiary/aromatic N) is 2. The van der Waals surface area contributed by atoms with Gasteiger partial charge in [-0.1, -0.05) is 30.7 Å². The number of nitrogens with one attached hydrogen (secondary N) is 1. The van der Waals surface area contributed by atoms with Gasteiger partial charge in [0.1, 0.15) is 9.77 Å². The second-order valence-corrected chi connectivity index (χ2v) is 9.90. The average Bonchev–Trinajstić information content (AvgIpc) is 3.25. The first kappa shape index (κ1) is 20.0. The van der Waals surface area contributed by atoms with Gasteiger partial charge >= 0.3 is 0 Å². The summed E-state index contributed by atoms with van der Waals surface area (Å²) in [6, 6.07) is 11.4. The highest BCUT2D eigenvalue weighted by Gasteiger charge is 2.30. The van der Waals surface area contributed by atoms with Gasteiger partial charge in [-0.2, -0.15) is 4.31 Å². The van der Waals surface area contributed by atoms with Gasteiger partial charge in [0.25, 0.3) is 5.91 Å². The highest BCUT2D eigenvalue weighted by Crippen LogP contribution is 2.27. The van der Waals surface area contributed by atoms with E-state index in [4.69, 9.17) is 0 Å². The Morgan fingerprint density at radius 1 is 1.10 bits per heavy atom. The molecule has 1 aromatic carbocycles. The summed E-state index contributed by atoms with van der Waals surface area (Å²) in [5, 5.41) is 5.60. The van der Waals surface area contributed by atoms with Crippen molar-refractivity contribution in [2.75, 3.05) is 19.6 Å². The smallest absolute Gasteiger partial charge is 0.262 e. The van der Waals surface area contributed by atoms with E-state index < -0.39 is 10.0 Å². The molecule has 3 heterocycles. The van der Waals surface area contributed by atoms with E-state index in [0.29, 0.717) is 26.1 Å². The van der Waals surface area contributed by atoms with Crippen LogP contribution in [0, 0.1) is 0 Å². The Kier molecular flexibility index (Phi) is 5.94. The van der Waals surface area contributed by atoms with Crippen molar-refractivity contribution in [3.05, 3.63) is 58.4 Å². The number of amides is 1. The molecule has 0 aliphatic carbocycles. The van der Waals surface area contributed by atoms with Crippen molar-refractivity contribution >= 4 is 38.2 Å². The number of benzene rings is 1. The minimum Gasteiger partial charge on any atom is -0.351 e. The fourth-order valence-corrected chi connectivity index (χ4v) is 6.50. The Morgan fingerprint density at radius 2 is 1.90 bits per heavy atom. The van der Waals surface area contributed by atoms with Crippen LogP contribution in [0.2, 0.25) is 0 Å². The molecule has 1 saturated heterocycles. The van der Waals surface area contributed by atoms with Crippen LogP contribution in [0.25, 0.3) is 10.9 Å². The molecule has 0 unspecified atom stereocenters. The molecule has 29 heavy (non-hydrogen) atoms. The number of carbonyl (C=O) groups excluding carboxylic acids is 1. The van der Waals surface area contributed by atoms with Crippen LogP contribution in [-0.4, -0.2) is 43.2 Å². The molecule has 4 rings (SSSR count). The Hall–Kier alpha value is -2.29. The number of thiophene rings is 1. The molecule has 152 valence electrons. The highest BCUT2D eigenvalue weighted by atomic mass is 32.2. The van der Waals surface area contributed by atoms with Crippen LogP contribution in [0.1, 0.15) is 34.5 Å². The predicted octanol–water partition coefficient (Wildman–Crippen LogP) is 3.44. The lowest BCUT2D eigenvalue weighted by molar-refractivity contribution is 0.0955. The number of rotatable bonds is 6. The molecule has 0 atom stereocenters. The van der Waals surface area contributed by atoms with Crippen molar-refractivity contribution in [2.45, 2.75) is 30.6 Å². The number of aromatic nitrogens is 1. The van der Waals surface area contributed by atoms with E-state index in [9.17, 15) is 13.2 Å². The van der Waals surface area contributed by atoms with Crippen molar-refractivity contribution in [1.82, 2.24) is 14.6 Å². The summed E-state index contributed by atoms with van der Waals surface area (Å²) in [7, 11) is -3.63.